The van der Waals surface area contributed by atoms with Gasteiger partial charge in [-0.2, -0.15) is 0 Å². The topological polar surface area (TPSA) is 104 Å². The molecule has 0 spiro atoms. The molecule has 0 saturated carbocycles. The quantitative estimate of drug-likeness (QED) is 0.677. The number of alkyl halides is 3. The Morgan fingerprint density at radius 1 is 1.32 bits per heavy atom. The second kappa shape index (κ2) is 7.74. The average molecular weight is 401 g/mol. The first-order chi connectivity index (χ1) is 13.2. The number of ether oxygens (including phenoxy) is 3. The zero-order chi connectivity index (χ0) is 20.3. The maximum atomic E-state index is 12.2. The van der Waals surface area contributed by atoms with Crippen molar-refractivity contribution in [3.8, 4) is 11.6 Å². The Balaban J connectivity index is 1.48. The Morgan fingerprint density at radius 3 is 2.68 bits per heavy atom. The molecule has 1 amide bonds. The second-order valence-corrected chi connectivity index (χ2v) is 5.74. The van der Waals surface area contributed by atoms with Crippen molar-refractivity contribution in [2.75, 3.05) is 13.1 Å². The Bertz CT molecular complexity index is 846. The minimum Gasteiger partial charge on any atom is -0.482 e. The predicted molar refractivity (Wildman–Crippen MR) is 83.2 cm³/mol. The van der Waals surface area contributed by atoms with Crippen molar-refractivity contribution in [2.24, 2.45) is 0 Å². The molecule has 0 bridgehead atoms. The summed E-state index contributed by atoms with van der Waals surface area (Å²) in [6.07, 6.45) is -2.94. The Morgan fingerprint density at radius 2 is 2.07 bits per heavy atom. The highest BCUT2D eigenvalue weighted by Crippen LogP contribution is 2.22. The van der Waals surface area contributed by atoms with E-state index in [1.54, 1.807) is 0 Å². The van der Waals surface area contributed by atoms with Gasteiger partial charge in [0.15, 0.2) is 12.3 Å². The van der Waals surface area contributed by atoms with Crippen LogP contribution in [-0.2, 0) is 16.1 Å². The van der Waals surface area contributed by atoms with Gasteiger partial charge < -0.3 is 23.5 Å². The van der Waals surface area contributed by atoms with E-state index in [2.05, 4.69) is 14.7 Å². The van der Waals surface area contributed by atoms with Gasteiger partial charge in [-0.1, -0.05) is 0 Å². The highest BCUT2D eigenvalue weighted by atomic mass is 19.4. The molecule has 1 aliphatic heterocycles. The van der Waals surface area contributed by atoms with E-state index in [9.17, 15) is 22.8 Å². The van der Waals surface area contributed by atoms with Crippen molar-refractivity contribution < 1.29 is 41.4 Å². The lowest BCUT2D eigenvalue weighted by molar-refractivity contribution is -0.276. The SMILES string of the molecule is CC(=O)OC1CN(C(=O)c2coc(COc3ccc(OC(F)(F)F)nc3)n2)C1. The number of carbonyl (C=O) groups excluding carboxylic acids is 2. The highest BCUT2D eigenvalue weighted by molar-refractivity contribution is 5.92. The summed E-state index contributed by atoms with van der Waals surface area (Å²) in [5.41, 5.74) is 0.0620. The van der Waals surface area contributed by atoms with Crippen molar-refractivity contribution >= 4 is 11.9 Å². The van der Waals surface area contributed by atoms with Gasteiger partial charge >= 0.3 is 12.3 Å². The minimum atomic E-state index is -4.83. The first kappa shape index (κ1) is 19.5. The summed E-state index contributed by atoms with van der Waals surface area (Å²) < 4.78 is 55.3. The lowest BCUT2D eigenvalue weighted by atomic mass is 10.1. The van der Waals surface area contributed by atoms with Crippen molar-refractivity contribution in [3.05, 3.63) is 36.2 Å². The number of halogens is 3. The number of carbonyl (C=O) groups is 2. The molecule has 28 heavy (non-hydrogen) atoms. The van der Waals surface area contributed by atoms with Crippen LogP contribution in [0.2, 0.25) is 0 Å². The predicted octanol–water partition coefficient (Wildman–Crippen LogP) is 1.93. The molecule has 1 saturated heterocycles. The van der Waals surface area contributed by atoms with E-state index in [4.69, 9.17) is 13.9 Å². The van der Waals surface area contributed by atoms with Crippen LogP contribution in [0, 0.1) is 0 Å². The monoisotopic (exact) mass is 401 g/mol. The van der Waals surface area contributed by atoms with Crippen LogP contribution >= 0.6 is 0 Å². The van der Waals surface area contributed by atoms with Gasteiger partial charge in [0, 0.05) is 13.0 Å². The van der Waals surface area contributed by atoms with Crippen LogP contribution in [0.1, 0.15) is 23.3 Å². The van der Waals surface area contributed by atoms with Crippen molar-refractivity contribution in [1.82, 2.24) is 14.9 Å². The lowest BCUT2D eigenvalue weighted by Gasteiger charge is -2.37. The third kappa shape index (κ3) is 5.11. The molecule has 2 aromatic heterocycles. The van der Waals surface area contributed by atoms with Crippen LogP contribution in [-0.4, -0.2) is 52.3 Å². The maximum absolute atomic E-state index is 12.2. The molecule has 12 heteroatoms. The molecule has 0 aliphatic carbocycles. The van der Waals surface area contributed by atoms with Crippen molar-refractivity contribution in [2.45, 2.75) is 26.0 Å². The first-order valence-electron chi connectivity index (χ1n) is 7.95. The van der Waals surface area contributed by atoms with Gasteiger partial charge in [-0.05, 0) is 6.07 Å². The van der Waals surface area contributed by atoms with E-state index in [1.807, 2.05) is 0 Å². The molecule has 1 fully saturated rings. The number of aromatic nitrogens is 2. The molecular formula is C16H14F3N3O6. The van der Waals surface area contributed by atoms with Crippen molar-refractivity contribution in [1.29, 1.82) is 0 Å². The van der Waals surface area contributed by atoms with Crippen LogP contribution in [0.25, 0.3) is 0 Å². The van der Waals surface area contributed by atoms with E-state index in [0.29, 0.717) is 0 Å². The smallest absolute Gasteiger partial charge is 0.482 e. The Labute approximate surface area is 156 Å². The largest absolute Gasteiger partial charge is 0.574 e. The summed E-state index contributed by atoms with van der Waals surface area (Å²) in [5.74, 6) is -1.16. The highest BCUT2D eigenvalue weighted by Gasteiger charge is 2.34. The van der Waals surface area contributed by atoms with Gasteiger partial charge in [0.05, 0.1) is 19.3 Å². The number of rotatable bonds is 6. The zero-order valence-corrected chi connectivity index (χ0v) is 14.4. The summed E-state index contributed by atoms with van der Waals surface area (Å²) in [5, 5.41) is 0. The molecule has 2 aromatic rings. The standard InChI is InChI=1S/C16H14F3N3O6/c1-9(23)27-11-5-22(6-11)15(24)12-7-26-14(21-12)8-25-10-2-3-13(20-4-10)28-16(17,18)19/h2-4,7,11H,5-6,8H2,1H3. The molecular weight excluding hydrogens is 387 g/mol. The van der Waals surface area contributed by atoms with Gasteiger partial charge in [0.2, 0.25) is 11.8 Å². The second-order valence-electron chi connectivity index (χ2n) is 5.74. The van der Waals surface area contributed by atoms with E-state index in [0.717, 1.165) is 12.3 Å². The molecule has 0 aromatic carbocycles. The van der Waals surface area contributed by atoms with E-state index in [-0.39, 0.29) is 49.0 Å². The van der Waals surface area contributed by atoms with E-state index in [1.165, 1.54) is 24.2 Å². The number of oxazole rings is 1. The molecule has 0 radical (unpaired) electrons. The third-order valence-corrected chi connectivity index (χ3v) is 3.53. The van der Waals surface area contributed by atoms with Gasteiger partial charge in [-0.25, -0.2) is 9.97 Å². The number of pyridine rings is 1. The van der Waals surface area contributed by atoms with Crippen molar-refractivity contribution in [3.63, 3.8) is 0 Å². The molecule has 0 unspecified atom stereocenters. The molecule has 3 rings (SSSR count). The normalized spacial score (nSPS) is 14.4. The minimum absolute atomic E-state index is 0.0620. The van der Waals surface area contributed by atoms with E-state index < -0.39 is 18.2 Å². The van der Waals surface area contributed by atoms with Crippen LogP contribution in [0.5, 0.6) is 11.6 Å². The Hall–Kier alpha value is -3.31. The summed E-state index contributed by atoms with van der Waals surface area (Å²) in [7, 11) is 0. The van der Waals surface area contributed by atoms with Crippen LogP contribution in [0.15, 0.2) is 29.0 Å². The van der Waals surface area contributed by atoms with Gasteiger partial charge in [-0.15, -0.1) is 13.2 Å². The molecule has 9 nitrogen and oxygen atoms in total. The van der Waals surface area contributed by atoms with E-state index >= 15 is 0 Å². The number of likely N-dealkylation sites (tertiary alicyclic amines) is 1. The molecule has 3 heterocycles. The van der Waals surface area contributed by atoms with Crippen LogP contribution in [0.4, 0.5) is 13.2 Å². The summed E-state index contributed by atoms with van der Waals surface area (Å²) in [6, 6.07) is 2.23. The summed E-state index contributed by atoms with van der Waals surface area (Å²) in [6.45, 7) is 1.68. The van der Waals surface area contributed by atoms with Crippen LogP contribution < -0.4 is 9.47 Å². The molecule has 1 aliphatic rings. The summed E-state index contributed by atoms with van der Waals surface area (Å²) >= 11 is 0. The zero-order valence-electron chi connectivity index (χ0n) is 14.4. The number of nitrogens with zero attached hydrogens (tertiary/aromatic N) is 3. The number of esters is 1. The number of hydrogen-bond acceptors (Lipinski definition) is 8. The summed E-state index contributed by atoms with van der Waals surface area (Å²) in [4.78, 5) is 31.9. The van der Waals surface area contributed by atoms with Gasteiger partial charge in [0.1, 0.15) is 18.1 Å². The lowest BCUT2D eigenvalue weighted by Crippen LogP contribution is -2.55. The average Bonchev–Trinajstić information content (AvgIpc) is 3.04. The number of hydrogen-bond donors (Lipinski definition) is 0. The fraction of sp³-hybridized carbons (Fsp3) is 0.375. The molecule has 150 valence electrons. The molecule has 0 N–H and O–H groups in total. The fourth-order valence-corrected chi connectivity index (χ4v) is 2.33. The maximum Gasteiger partial charge on any atom is 0.574 e. The fourth-order valence-electron chi connectivity index (χ4n) is 2.33. The third-order valence-electron chi connectivity index (χ3n) is 3.53. The number of amides is 1. The van der Waals surface area contributed by atoms with Gasteiger partial charge in [-0.3, -0.25) is 9.59 Å². The van der Waals surface area contributed by atoms with Crippen LogP contribution in [0.3, 0.4) is 0 Å². The first-order valence-corrected chi connectivity index (χ1v) is 7.95. The van der Waals surface area contributed by atoms with Gasteiger partial charge in [0.25, 0.3) is 5.91 Å². The molecule has 0 atom stereocenters. The Kier molecular flexibility index (Phi) is 5.38.